The highest BCUT2D eigenvalue weighted by Gasteiger charge is 2.12. The molecular weight excluding hydrogens is 292 g/mol. The van der Waals surface area contributed by atoms with Crippen molar-refractivity contribution in [3.63, 3.8) is 0 Å². The first kappa shape index (κ1) is 15.0. The van der Waals surface area contributed by atoms with Crippen LogP contribution in [0.4, 0.5) is 11.5 Å². The van der Waals surface area contributed by atoms with Gasteiger partial charge in [0, 0.05) is 30.5 Å². The zero-order valence-electron chi connectivity index (χ0n) is 12.5. The Morgan fingerprint density at radius 1 is 1.22 bits per heavy atom. The van der Waals surface area contributed by atoms with Crippen molar-refractivity contribution in [1.29, 1.82) is 5.26 Å². The number of aromatic nitrogens is 1. The molecule has 0 spiro atoms. The maximum absolute atomic E-state index is 12.2. The molecule has 0 bridgehead atoms. The van der Waals surface area contributed by atoms with Crippen LogP contribution < -0.4 is 10.2 Å². The lowest BCUT2D eigenvalue weighted by molar-refractivity contribution is 0.102. The third kappa shape index (κ3) is 3.65. The highest BCUT2D eigenvalue weighted by atomic mass is 16.5. The largest absolute Gasteiger partial charge is 0.378 e. The van der Waals surface area contributed by atoms with E-state index in [1.807, 2.05) is 18.2 Å². The molecule has 3 rings (SSSR count). The Hall–Kier alpha value is -2.91. The van der Waals surface area contributed by atoms with Crippen molar-refractivity contribution in [2.24, 2.45) is 0 Å². The second kappa shape index (κ2) is 6.90. The van der Waals surface area contributed by atoms with Crippen molar-refractivity contribution >= 4 is 17.4 Å². The lowest BCUT2D eigenvalue weighted by atomic mass is 10.1. The van der Waals surface area contributed by atoms with Gasteiger partial charge < -0.3 is 15.0 Å². The number of anilines is 2. The molecule has 6 nitrogen and oxygen atoms in total. The van der Waals surface area contributed by atoms with E-state index in [-0.39, 0.29) is 5.91 Å². The van der Waals surface area contributed by atoms with Crippen LogP contribution in [-0.2, 0) is 4.74 Å². The van der Waals surface area contributed by atoms with Crippen molar-refractivity contribution in [2.75, 3.05) is 36.5 Å². The van der Waals surface area contributed by atoms with Crippen LogP contribution in [0.1, 0.15) is 15.9 Å². The van der Waals surface area contributed by atoms with E-state index in [4.69, 9.17) is 10.00 Å². The predicted octanol–water partition coefficient (Wildman–Crippen LogP) is 2.04. The molecule has 0 radical (unpaired) electrons. The highest BCUT2D eigenvalue weighted by Crippen LogP contribution is 2.17. The third-order valence-corrected chi connectivity index (χ3v) is 3.64. The quantitative estimate of drug-likeness (QED) is 0.939. The van der Waals surface area contributed by atoms with Gasteiger partial charge in [-0.2, -0.15) is 5.26 Å². The van der Waals surface area contributed by atoms with Gasteiger partial charge in [-0.1, -0.05) is 0 Å². The molecule has 1 amide bonds. The van der Waals surface area contributed by atoms with E-state index in [9.17, 15) is 4.79 Å². The number of hydrogen-bond donors (Lipinski definition) is 1. The molecular formula is C17H16N4O2. The SMILES string of the molecule is N#Cc1ccnc(NC(=O)c2ccc(N3CCOCC3)cc2)c1. The van der Waals surface area contributed by atoms with Crippen molar-refractivity contribution in [3.8, 4) is 6.07 Å². The molecule has 1 saturated heterocycles. The zero-order chi connectivity index (χ0) is 16.1. The van der Waals surface area contributed by atoms with Gasteiger partial charge in [-0.25, -0.2) is 4.98 Å². The summed E-state index contributed by atoms with van der Waals surface area (Å²) in [6.07, 6.45) is 1.50. The van der Waals surface area contributed by atoms with Crippen LogP contribution in [0.25, 0.3) is 0 Å². The number of morpholine rings is 1. The standard InChI is InChI=1S/C17H16N4O2/c18-12-13-5-6-19-16(11-13)20-17(22)14-1-3-15(4-2-14)21-7-9-23-10-8-21/h1-6,11H,7-10H2,(H,19,20,22). The van der Waals surface area contributed by atoms with Gasteiger partial charge in [0.1, 0.15) is 5.82 Å². The number of ether oxygens (including phenoxy) is 1. The topological polar surface area (TPSA) is 78.2 Å². The predicted molar refractivity (Wildman–Crippen MR) is 86.4 cm³/mol. The third-order valence-electron chi connectivity index (χ3n) is 3.64. The molecule has 23 heavy (non-hydrogen) atoms. The van der Waals surface area contributed by atoms with Crippen LogP contribution in [-0.4, -0.2) is 37.2 Å². The van der Waals surface area contributed by atoms with E-state index in [0.29, 0.717) is 16.9 Å². The van der Waals surface area contributed by atoms with E-state index < -0.39 is 0 Å². The summed E-state index contributed by atoms with van der Waals surface area (Å²) < 4.78 is 5.33. The van der Waals surface area contributed by atoms with Gasteiger partial charge in [0.15, 0.2) is 0 Å². The summed E-state index contributed by atoms with van der Waals surface area (Å²) in [7, 11) is 0. The van der Waals surface area contributed by atoms with Gasteiger partial charge in [0.2, 0.25) is 0 Å². The molecule has 1 N–H and O–H groups in total. The fourth-order valence-corrected chi connectivity index (χ4v) is 2.40. The van der Waals surface area contributed by atoms with Crippen molar-refractivity contribution in [2.45, 2.75) is 0 Å². The summed E-state index contributed by atoms with van der Waals surface area (Å²) in [5, 5.41) is 11.6. The van der Waals surface area contributed by atoms with Gasteiger partial charge >= 0.3 is 0 Å². The molecule has 1 aliphatic heterocycles. The summed E-state index contributed by atoms with van der Waals surface area (Å²) in [6.45, 7) is 3.17. The Morgan fingerprint density at radius 3 is 2.65 bits per heavy atom. The summed E-state index contributed by atoms with van der Waals surface area (Å²) in [6, 6.07) is 12.6. The number of benzene rings is 1. The number of nitrogens with zero attached hydrogens (tertiary/aromatic N) is 3. The van der Waals surface area contributed by atoms with Crippen LogP contribution in [0.2, 0.25) is 0 Å². The first-order valence-electron chi connectivity index (χ1n) is 7.36. The first-order valence-corrected chi connectivity index (χ1v) is 7.36. The van der Waals surface area contributed by atoms with Crippen LogP contribution in [0, 0.1) is 11.3 Å². The minimum absolute atomic E-state index is 0.249. The van der Waals surface area contributed by atoms with Crippen molar-refractivity contribution in [1.82, 2.24) is 4.98 Å². The molecule has 0 unspecified atom stereocenters. The van der Waals surface area contributed by atoms with E-state index >= 15 is 0 Å². The summed E-state index contributed by atoms with van der Waals surface area (Å²) in [4.78, 5) is 18.5. The minimum Gasteiger partial charge on any atom is -0.378 e. The Bertz CT molecular complexity index is 731. The second-order valence-corrected chi connectivity index (χ2v) is 5.14. The van der Waals surface area contributed by atoms with Crippen molar-refractivity contribution in [3.05, 3.63) is 53.7 Å². The number of hydrogen-bond acceptors (Lipinski definition) is 5. The van der Waals surface area contributed by atoms with Crippen LogP contribution >= 0.6 is 0 Å². The van der Waals surface area contributed by atoms with Crippen molar-refractivity contribution < 1.29 is 9.53 Å². The van der Waals surface area contributed by atoms with Gasteiger partial charge in [-0.3, -0.25) is 4.79 Å². The normalized spacial score (nSPS) is 14.1. The average Bonchev–Trinajstić information content (AvgIpc) is 2.63. The van der Waals surface area contributed by atoms with Gasteiger partial charge in [0.05, 0.1) is 24.8 Å². The molecule has 116 valence electrons. The molecule has 2 aromatic rings. The van der Waals surface area contributed by atoms with E-state index in [0.717, 1.165) is 32.0 Å². The monoisotopic (exact) mass is 308 g/mol. The maximum Gasteiger partial charge on any atom is 0.256 e. The molecule has 1 aromatic carbocycles. The number of carbonyl (C=O) groups excluding carboxylic acids is 1. The highest BCUT2D eigenvalue weighted by molar-refractivity contribution is 6.04. The summed E-state index contributed by atoms with van der Waals surface area (Å²) in [5.74, 6) is 0.118. The maximum atomic E-state index is 12.2. The van der Waals surface area contributed by atoms with E-state index in [2.05, 4.69) is 15.2 Å². The van der Waals surface area contributed by atoms with Crippen LogP contribution in [0.5, 0.6) is 0 Å². The lowest BCUT2D eigenvalue weighted by Gasteiger charge is -2.28. The van der Waals surface area contributed by atoms with Crippen LogP contribution in [0.3, 0.4) is 0 Å². The fourth-order valence-electron chi connectivity index (χ4n) is 2.40. The molecule has 6 heteroatoms. The van der Waals surface area contributed by atoms with E-state index in [1.54, 1.807) is 24.3 Å². The Labute approximate surface area is 134 Å². The fraction of sp³-hybridized carbons (Fsp3) is 0.235. The molecule has 0 atom stereocenters. The first-order chi connectivity index (χ1) is 11.3. The summed E-state index contributed by atoms with van der Waals surface area (Å²) in [5.41, 5.74) is 2.08. The van der Waals surface area contributed by atoms with Gasteiger partial charge in [0.25, 0.3) is 5.91 Å². The number of carbonyl (C=O) groups is 1. The number of nitrogens with one attached hydrogen (secondary N) is 1. The Kier molecular flexibility index (Phi) is 4.50. The smallest absolute Gasteiger partial charge is 0.256 e. The minimum atomic E-state index is -0.249. The molecule has 1 fully saturated rings. The average molecular weight is 308 g/mol. The van der Waals surface area contributed by atoms with Crippen LogP contribution in [0.15, 0.2) is 42.6 Å². The molecule has 0 saturated carbocycles. The Morgan fingerprint density at radius 2 is 1.96 bits per heavy atom. The lowest BCUT2D eigenvalue weighted by Crippen LogP contribution is -2.36. The van der Waals surface area contributed by atoms with Gasteiger partial charge in [-0.15, -0.1) is 0 Å². The number of rotatable bonds is 3. The molecule has 1 aliphatic rings. The second-order valence-electron chi connectivity index (χ2n) is 5.14. The number of amides is 1. The number of pyridine rings is 1. The zero-order valence-corrected chi connectivity index (χ0v) is 12.5. The Balaban J connectivity index is 1.68. The van der Waals surface area contributed by atoms with Gasteiger partial charge in [-0.05, 0) is 36.4 Å². The van der Waals surface area contributed by atoms with E-state index in [1.165, 1.54) is 6.20 Å². The summed E-state index contributed by atoms with van der Waals surface area (Å²) >= 11 is 0. The molecule has 0 aliphatic carbocycles. The molecule has 2 heterocycles. The molecule has 1 aromatic heterocycles. The number of nitriles is 1.